The lowest BCUT2D eigenvalue weighted by Crippen LogP contribution is -2.29. The fourth-order valence-corrected chi connectivity index (χ4v) is 5.51. The quantitative estimate of drug-likeness (QED) is 0.0274. The number of likely N-dealkylation sites (N-methyl/N-ethyl adjacent to an activating group) is 1. The molecule has 0 amide bonds. The Morgan fingerprint density at radius 2 is 1.04 bits per heavy atom. The number of allylic oxidation sites excluding steroid dienone is 18. The molecule has 0 aliphatic heterocycles. The molecule has 56 heavy (non-hydrogen) atoms. The molecule has 0 aromatic rings. The SMILES string of the molecule is CC/C=C\C/C=C\C/C=C\C/C=C\C/C=C\C/C=C\CCC(=O)OCC(COP(=O)(O)OCCNC)OC(=O)CCCC/C=C\C/C=C\C/C=C\CCCCC. The molecule has 0 rings (SSSR count). The van der Waals surface area contributed by atoms with Gasteiger partial charge in [0.1, 0.15) is 6.61 Å². The van der Waals surface area contributed by atoms with Crippen LogP contribution < -0.4 is 5.32 Å². The fourth-order valence-electron chi connectivity index (χ4n) is 4.76. The van der Waals surface area contributed by atoms with Gasteiger partial charge in [-0.3, -0.25) is 18.6 Å². The van der Waals surface area contributed by atoms with E-state index in [-0.39, 0.29) is 26.1 Å². The number of hydrogen-bond donors (Lipinski definition) is 2. The van der Waals surface area contributed by atoms with Gasteiger partial charge in [0.25, 0.3) is 0 Å². The highest BCUT2D eigenvalue weighted by Crippen LogP contribution is 2.43. The van der Waals surface area contributed by atoms with Gasteiger partial charge in [-0.25, -0.2) is 4.57 Å². The number of phosphoric acid groups is 1. The molecule has 0 saturated carbocycles. The maximum atomic E-state index is 12.6. The average Bonchev–Trinajstić information content (AvgIpc) is 3.18. The molecule has 0 fully saturated rings. The summed E-state index contributed by atoms with van der Waals surface area (Å²) in [5, 5.41) is 2.81. The largest absolute Gasteiger partial charge is 0.472 e. The molecule has 2 atom stereocenters. The molecule has 0 aromatic carbocycles. The molecular formula is C46H74NO8P. The zero-order valence-electron chi connectivity index (χ0n) is 34.8. The number of ether oxygens (including phenoxy) is 2. The summed E-state index contributed by atoms with van der Waals surface area (Å²) in [7, 11) is -2.70. The Morgan fingerprint density at radius 1 is 0.571 bits per heavy atom. The van der Waals surface area contributed by atoms with Crippen LogP contribution in [0.2, 0.25) is 0 Å². The first-order valence-corrected chi connectivity index (χ1v) is 22.3. The lowest BCUT2D eigenvalue weighted by molar-refractivity contribution is -0.161. The van der Waals surface area contributed by atoms with Gasteiger partial charge in [0.05, 0.1) is 13.2 Å². The highest BCUT2D eigenvalue weighted by Gasteiger charge is 2.26. The highest BCUT2D eigenvalue weighted by molar-refractivity contribution is 7.47. The zero-order valence-corrected chi connectivity index (χ0v) is 35.7. The Labute approximate surface area is 340 Å². The molecule has 0 heterocycles. The zero-order chi connectivity index (χ0) is 41.1. The Balaban J connectivity index is 4.46. The average molecular weight is 800 g/mol. The number of esters is 2. The van der Waals surface area contributed by atoms with Crippen LogP contribution in [0.3, 0.4) is 0 Å². The van der Waals surface area contributed by atoms with Gasteiger partial charge < -0.3 is 19.7 Å². The smallest absolute Gasteiger partial charge is 0.462 e. The Bertz CT molecular complexity index is 1280. The number of carbonyl (C=O) groups excluding carboxylic acids is 2. The van der Waals surface area contributed by atoms with Crippen molar-refractivity contribution in [1.82, 2.24) is 5.32 Å². The number of rotatable bonds is 37. The van der Waals surface area contributed by atoms with E-state index in [0.29, 0.717) is 19.4 Å². The summed E-state index contributed by atoms with van der Waals surface area (Å²) < 4.78 is 33.0. The molecule has 0 aliphatic rings. The monoisotopic (exact) mass is 800 g/mol. The van der Waals surface area contributed by atoms with Crippen LogP contribution in [0.5, 0.6) is 0 Å². The van der Waals surface area contributed by atoms with Gasteiger partial charge in [0.15, 0.2) is 6.10 Å². The minimum atomic E-state index is -4.38. The van der Waals surface area contributed by atoms with Crippen molar-refractivity contribution in [3.63, 3.8) is 0 Å². The molecule has 9 nitrogen and oxygen atoms in total. The van der Waals surface area contributed by atoms with Crippen molar-refractivity contribution >= 4 is 19.8 Å². The van der Waals surface area contributed by atoms with E-state index in [4.69, 9.17) is 18.5 Å². The lowest BCUT2D eigenvalue weighted by atomic mass is 10.1. The van der Waals surface area contributed by atoms with Gasteiger partial charge in [-0.2, -0.15) is 0 Å². The van der Waals surface area contributed by atoms with Crippen LogP contribution >= 0.6 is 7.82 Å². The number of hydrogen-bond acceptors (Lipinski definition) is 8. The van der Waals surface area contributed by atoms with E-state index in [1.165, 1.54) is 19.3 Å². The minimum Gasteiger partial charge on any atom is -0.462 e. The van der Waals surface area contributed by atoms with Crippen molar-refractivity contribution in [2.75, 3.05) is 33.4 Å². The van der Waals surface area contributed by atoms with Crippen molar-refractivity contribution in [3.05, 3.63) is 109 Å². The third kappa shape index (κ3) is 40.3. The van der Waals surface area contributed by atoms with Crippen molar-refractivity contribution in [2.24, 2.45) is 0 Å². The second kappa shape index (κ2) is 41.3. The molecular weight excluding hydrogens is 725 g/mol. The minimum absolute atomic E-state index is 0.0421. The van der Waals surface area contributed by atoms with Crippen molar-refractivity contribution < 1.29 is 37.6 Å². The van der Waals surface area contributed by atoms with E-state index in [1.807, 2.05) is 12.2 Å². The Morgan fingerprint density at radius 3 is 1.52 bits per heavy atom. The van der Waals surface area contributed by atoms with E-state index in [2.05, 4.69) is 116 Å². The molecule has 0 bridgehead atoms. The van der Waals surface area contributed by atoms with Crippen molar-refractivity contribution in [3.8, 4) is 0 Å². The van der Waals surface area contributed by atoms with Gasteiger partial charge in [-0.05, 0) is 96.9 Å². The first kappa shape index (κ1) is 52.7. The predicted octanol–water partition coefficient (Wildman–Crippen LogP) is 11.9. The van der Waals surface area contributed by atoms with E-state index in [1.54, 1.807) is 7.05 Å². The third-order valence-corrected chi connectivity index (χ3v) is 8.87. The molecule has 2 unspecified atom stereocenters. The molecule has 10 heteroatoms. The summed E-state index contributed by atoms with van der Waals surface area (Å²) in [6, 6.07) is 0. The van der Waals surface area contributed by atoms with Gasteiger partial charge in [-0.15, -0.1) is 0 Å². The van der Waals surface area contributed by atoms with Gasteiger partial charge in [0.2, 0.25) is 0 Å². The van der Waals surface area contributed by atoms with Crippen LogP contribution in [0.4, 0.5) is 0 Å². The number of carbonyl (C=O) groups is 2. The van der Waals surface area contributed by atoms with Crippen LogP contribution in [-0.2, 0) is 32.7 Å². The molecule has 0 spiro atoms. The summed E-state index contributed by atoms with van der Waals surface area (Å²) in [4.78, 5) is 35.0. The van der Waals surface area contributed by atoms with E-state index in [9.17, 15) is 19.0 Å². The van der Waals surface area contributed by atoms with Crippen LogP contribution in [0, 0.1) is 0 Å². The maximum Gasteiger partial charge on any atom is 0.472 e. The lowest BCUT2D eigenvalue weighted by Gasteiger charge is -2.20. The summed E-state index contributed by atoms with van der Waals surface area (Å²) in [5.74, 6) is -0.963. The van der Waals surface area contributed by atoms with Gasteiger partial charge >= 0.3 is 19.8 Å². The molecule has 0 aromatic heterocycles. The van der Waals surface area contributed by atoms with Crippen molar-refractivity contribution in [2.45, 2.75) is 136 Å². The predicted molar refractivity (Wildman–Crippen MR) is 233 cm³/mol. The first-order chi connectivity index (χ1) is 27.3. The van der Waals surface area contributed by atoms with E-state index in [0.717, 1.165) is 70.6 Å². The Kier molecular flexibility index (Phi) is 38.9. The number of unbranched alkanes of at least 4 members (excludes halogenated alkanes) is 5. The fraction of sp³-hybridized carbons (Fsp3) is 0.565. The Hall–Kier alpha value is -3.33. The van der Waals surface area contributed by atoms with Crippen LogP contribution in [0.25, 0.3) is 0 Å². The third-order valence-electron chi connectivity index (χ3n) is 7.89. The number of nitrogens with one attached hydrogen (secondary N) is 1. The van der Waals surface area contributed by atoms with E-state index >= 15 is 0 Å². The highest BCUT2D eigenvalue weighted by atomic mass is 31.2. The normalized spacial score (nSPS) is 14.4. The van der Waals surface area contributed by atoms with Gasteiger partial charge in [-0.1, -0.05) is 136 Å². The second-order valence-electron chi connectivity index (χ2n) is 13.1. The van der Waals surface area contributed by atoms with Crippen LogP contribution in [-0.4, -0.2) is 56.3 Å². The first-order valence-electron chi connectivity index (χ1n) is 20.8. The van der Waals surface area contributed by atoms with Crippen LogP contribution in [0.15, 0.2) is 109 Å². The molecule has 0 saturated heterocycles. The molecule has 316 valence electrons. The van der Waals surface area contributed by atoms with Crippen molar-refractivity contribution in [1.29, 1.82) is 0 Å². The maximum absolute atomic E-state index is 12.6. The molecule has 0 radical (unpaired) electrons. The summed E-state index contributed by atoms with van der Waals surface area (Å²) in [6.07, 6.45) is 52.9. The van der Waals surface area contributed by atoms with Gasteiger partial charge in [0, 0.05) is 19.4 Å². The van der Waals surface area contributed by atoms with Crippen LogP contribution in [0.1, 0.15) is 129 Å². The molecule has 0 aliphatic carbocycles. The number of phosphoric ester groups is 1. The molecule has 2 N–H and O–H groups in total. The standard InChI is InChI=1S/C46H74NO8P/c1-4-6-8-10-12-14-16-18-20-21-22-23-25-26-28-30-32-34-36-38-45(48)52-42-44(43-54-56(50,51)53-41-40-47-3)55-46(49)39-37-35-33-31-29-27-24-19-17-15-13-11-9-7-5-2/h6,8,12-15,18-20,22-24,26,28-29,31-32,34,44,47H,4-5,7,9-11,16-17,21,25,27,30,33,35-43H2,1-3H3,(H,50,51)/b8-6-,14-12-,15-13-,20-18-,23-22-,24-19-,28-26-,31-29-,34-32-. The summed E-state index contributed by atoms with van der Waals surface area (Å²) in [6.45, 7) is 3.91. The summed E-state index contributed by atoms with van der Waals surface area (Å²) >= 11 is 0. The van der Waals surface area contributed by atoms with E-state index < -0.39 is 32.5 Å². The topological polar surface area (TPSA) is 120 Å². The summed E-state index contributed by atoms with van der Waals surface area (Å²) in [5.41, 5.74) is 0. The second-order valence-corrected chi connectivity index (χ2v) is 14.5.